The molecule has 2 bridgehead atoms. The minimum Gasteiger partial charge on any atom is -0.355 e. The fourth-order valence-corrected chi connectivity index (χ4v) is 6.57. The van der Waals surface area contributed by atoms with Crippen LogP contribution in [0.3, 0.4) is 0 Å². The number of rotatable bonds is 7. The van der Waals surface area contributed by atoms with Gasteiger partial charge in [0.1, 0.15) is 0 Å². The quantitative estimate of drug-likeness (QED) is 0.380. The summed E-state index contributed by atoms with van der Waals surface area (Å²) in [7, 11) is 3.84. The second-order valence-electron chi connectivity index (χ2n) is 9.81. The highest BCUT2D eigenvalue weighted by Crippen LogP contribution is 2.31. The summed E-state index contributed by atoms with van der Waals surface area (Å²) in [5.41, 5.74) is 4.14. The van der Waals surface area contributed by atoms with Crippen LogP contribution in [0.4, 0.5) is 0 Å². The predicted molar refractivity (Wildman–Crippen MR) is 143 cm³/mol. The van der Waals surface area contributed by atoms with Gasteiger partial charge < -0.3 is 15.5 Å². The predicted octanol–water partition coefficient (Wildman–Crippen LogP) is 3.08. The van der Waals surface area contributed by atoms with Crippen molar-refractivity contribution in [2.45, 2.75) is 24.9 Å². The van der Waals surface area contributed by atoms with Crippen LogP contribution in [-0.4, -0.2) is 83.4 Å². The van der Waals surface area contributed by atoms with E-state index in [1.54, 1.807) is 30.5 Å². The van der Waals surface area contributed by atoms with E-state index in [1.807, 2.05) is 36.5 Å². The molecule has 0 saturated carbocycles. The van der Waals surface area contributed by atoms with Crippen LogP contribution in [0.15, 0.2) is 48.7 Å². The lowest BCUT2D eigenvalue weighted by Gasteiger charge is -2.31. The van der Waals surface area contributed by atoms with E-state index in [1.165, 1.54) is 13.0 Å². The van der Waals surface area contributed by atoms with Crippen LogP contribution >= 0.6 is 11.3 Å². The van der Waals surface area contributed by atoms with Gasteiger partial charge in [-0.05, 0) is 50.2 Å². The Morgan fingerprint density at radius 1 is 1.06 bits per heavy atom. The summed E-state index contributed by atoms with van der Waals surface area (Å²) < 4.78 is 3.09. The van der Waals surface area contributed by atoms with Gasteiger partial charge in [0.15, 0.2) is 4.96 Å². The molecule has 2 aliphatic rings. The van der Waals surface area contributed by atoms with Crippen LogP contribution in [0.1, 0.15) is 33.6 Å². The maximum Gasteiger partial charge on any atom is 0.251 e. The Kier molecular flexibility index (Phi) is 5.99. The standard InChI is InChI=1S/C27H30N6O2S/c1-28-25(34)18-6-4-17(5-7-18)22-16-33-23-9-8-19(12-24(23)36-27(33)30-22)26(35)29-10-3-11-32-15-20-13-21(32)14-31(20)2/h4-9,12,16,20-21H,3,10-11,13-15H2,1-2H3,(H,28,34)(H,29,35). The zero-order valence-corrected chi connectivity index (χ0v) is 21.3. The molecule has 36 heavy (non-hydrogen) atoms. The van der Waals surface area contributed by atoms with Crippen LogP contribution in [0.25, 0.3) is 26.4 Å². The number of piperazine rings is 1. The monoisotopic (exact) mass is 502 g/mol. The number of carbonyl (C=O) groups excluding carboxylic acids is 2. The maximum absolute atomic E-state index is 12.8. The molecule has 2 N–H and O–H groups in total. The molecule has 4 heterocycles. The Hall–Kier alpha value is -3.27. The highest BCUT2D eigenvalue weighted by atomic mass is 32.1. The van der Waals surface area contributed by atoms with Crippen LogP contribution in [-0.2, 0) is 0 Å². The third-order valence-electron chi connectivity index (χ3n) is 7.56. The molecule has 9 heteroatoms. The van der Waals surface area contributed by atoms with Gasteiger partial charge in [-0.2, -0.15) is 0 Å². The van der Waals surface area contributed by atoms with E-state index in [0.29, 0.717) is 29.8 Å². The minimum absolute atomic E-state index is 0.0255. The van der Waals surface area contributed by atoms with E-state index in [4.69, 9.17) is 4.98 Å². The molecule has 6 rings (SSSR count). The van der Waals surface area contributed by atoms with Gasteiger partial charge in [0.2, 0.25) is 0 Å². The van der Waals surface area contributed by atoms with Crippen molar-refractivity contribution in [3.05, 3.63) is 59.8 Å². The largest absolute Gasteiger partial charge is 0.355 e. The first-order chi connectivity index (χ1) is 17.5. The maximum atomic E-state index is 12.8. The first-order valence-electron chi connectivity index (χ1n) is 12.5. The van der Waals surface area contributed by atoms with Gasteiger partial charge in [-0.3, -0.25) is 18.9 Å². The number of amides is 2. The van der Waals surface area contributed by atoms with Gasteiger partial charge in [-0.1, -0.05) is 23.5 Å². The molecular formula is C27H30N6O2S. The Bertz CT molecular complexity index is 1440. The summed E-state index contributed by atoms with van der Waals surface area (Å²) in [6.07, 6.45) is 4.27. The first-order valence-corrected chi connectivity index (χ1v) is 13.3. The molecule has 8 nitrogen and oxygen atoms in total. The fourth-order valence-electron chi connectivity index (χ4n) is 5.53. The van der Waals surface area contributed by atoms with E-state index in [-0.39, 0.29) is 11.8 Å². The molecule has 2 fully saturated rings. The van der Waals surface area contributed by atoms with E-state index in [2.05, 4.69) is 31.9 Å². The summed E-state index contributed by atoms with van der Waals surface area (Å²) in [6, 6.07) is 14.7. The lowest BCUT2D eigenvalue weighted by Crippen LogP contribution is -2.45. The summed E-state index contributed by atoms with van der Waals surface area (Å²) in [5.74, 6) is -0.132. The smallest absolute Gasteiger partial charge is 0.251 e. The number of hydrogen-bond acceptors (Lipinski definition) is 6. The van der Waals surface area contributed by atoms with Gasteiger partial charge in [0.25, 0.3) is 11.8 Å². The van der Waals surface area contributed by atoms with E-state index in [9.17, 15) is 9.59 Å². The van der Waals surface area contributed by atoms with Gasteiger partial charge in [-0.15, -0.1) is 0 Å². The van der Waals surface area contributed by atoms with Crippen molar-refractivity contribution in [3.8, 4) is 11.3 Å². The Morgan fingerprint density at radius 2 is 1.86 bits per heavy atom. The SMILES string of the molecule is CNC(=O)c1ccc(-c2cn3c(n2)sc2cc(C(=O)NCCCN4CC5CC4CN5C)ccc23)cc1. The van der Waals surface area contributed by atoms with Crippen LogP contribution in [0, 0.1) is 0 Å². The molecule has 2 aliphatic heterocycles. The summed E-state index contributed by atoms with van der Waals surface area (Å²) in [6.45, 7) is 4.07. The second kappa shape index (κ2) is 9.31. The minimum atomic E-state index is -0.107. The van der Waals surface area contributed by atoms with Crippen molar-refractivity contribution in [2.24, 2.45) is 0 Å². The normalized spacial score (nSPS) is 19.9. The first kappa shape index (κ1) is 23.1. The number of thiazole rings is 1. The Balaban J connectivity index is 1.09. The van der Waals surface area contributed by atoms with Gasteiger partial charge in [0.05, 0.1) is 15.9 Å². The van der Waals surface area contributed by atoms with Crippen molar-refractivity contribution in [2.75, 3.05) is 40.3 Å². The average Bonchev–Trinajstić information content (AvgIpc) is 3.65. The summed E-state index contributed by atoms with van der Waals surface area (Å²) in [4.78, 5) is 35.3. The van der Waals surface area contributed by atoms with Crippen LogP contribution in [0.5, 0.6) is 0 Å². The van der Waals surface area contributed by atoms with E-state index >= 15 is 0 Å². The van der Waals surface area contributed by atoms with Gasteiger partial charge in [-0.25, -0.2) is 4.98 Å². The van der Waals surface area contributed by atoms with Crippen molar-refractivity contribution in [3.63, 3.8) is 0 Å². The lowest BCUT2D eigenvalue weighted by atomic mass is 10.1. The third-order valence-corrected chi connectivity index (χ3v) is 8.58. The molecule has 2 amide bonds. The fraction of sp³-hybridized carbons (Fsp3) is 0.370. The Morgan fingerprint density at radius 3 is 2.58 bits per heavy atom. The summed E-state index contributed by atoms with van der Waals surface area (Å²) in [5, 5.41) is 5.73. The topological polar surface area (TPSA) is 82.0 Å². The lowest BCUT2D eigenvalue weighted by molar-refractivity contribution is 0.0945. The summed E-state index contributed by atoms with van der Waals surface area (Å²) >= 11 is 1.57. The molecule has 0 aliphatic carbocycles. The van der Waals surface area contributed by atoms with E-state index in [0.717, 1.165) is 45.9 Å². The molecule has 2 aromatic carbocycles. The van der Waals surface area contributed by atoms with E-state index < -0.39 is 0 Å². The molecule has 4 aromatic rings. The molecule has 186 valence electrons. The number of benzene rings is 2. The zero-order valence-electron chi connectivity index (χ0n) is 20.5. The van der Waals surface area contributed by atoms with Gasteiger partial charge in [0, 0.05) is 68.2 Å². The number of imidazole rings is 1. The number of carbonyl (C=O) groups is 2. The van der Waals surface area contributed by atoms with Crippen LogP contribution in [0.2, 0.25) is 0 Å². The number of aromatic nitrogens is 2. The number of fused-ring (bicyclic) bond motifs is 5. The van der Waals surface area contributed by atoms with Crippen molar-refractivity contribution >= 4 is 38.3 Å². The number of likely N-dealkylation sites (tertiary alicyclic amines) is 2. The highest BCUT2D eigenvalue weighted by Gasteiger charge is 2.40. The number of hydrogen-bond donors (Lipinski definition) is 2. The molecule has 2 saturated heterocycles. The van der Waals surface area contributed by atoms with Crippen molar-refractivity contribution in [1.29, 1.82) is 0 Å². The molecule has 2 atom stereocenters. The number of nitrogens with one attached hydrogen (secondary N) is 2. The molecule has 0 spiro atoms. The highest BCUT2D eigenvalue weighted by molar-refractivity contribution is 7.23. The van der Waals surface area contributed by atoms with Gasteiger partial charge >= 0.3 is 0 Å². The molecule has 2 aromatic heterocycles. The number of likely N-dealkylation sites (N-methyl/N-ethyl adjacent to an activating group) is 1. The molecular weight excluding hydrogens is 472 g/mol. The second-order valence-corrected chi connectivity index (χ2v) is 10.8. The molecule has 0 radical (unpaired) electrons. The van der Waals surface area contributed by atoms with Crippen LogP contribution < -0.4 is 10.6 Å². The third kappa shape index (κ3) is 4.17. The zero-order chi connectivity index (χ0) is 24.8. The molecule has 2 unspecified atom stereocenters. The van der Waals surface area contributed by atoms with Crippen molar-refractivity contribution in [1.82, 2.24) is 29.8 Å². The number of nitrogens with zero attached hydrogens (tertiary/aromatic N) is 4. The van der Waals surface area contributed by atoms with Crippen molar-refractivity contribution < 1.29 is 9.59 Å². The Labute approximate surface area is 213 Å². The average molecular weight is 503 g/mol.